The third-order valence-electron chi connectivity index (χ3n) is 0.963. The largest absolute Gasteiger partial charge is 0.359 e. The van der Waals surface area contributed by atoms with E-state index in [1.807, 2.05) is 0 Å². The first-order chi connectivity index (χ1) is 4.81. The van der Waals surface area contributed by atoms with E-state index < -0.39 is 0 Å². The Labute approximate surface area is 69.9 Å². The van der Waals surface area contributed by atoms with Crippen molar-refractivity contribution in [2.75, 3.05) is 13.7 Å². The molecule has 10 heavy (non-hydrogen) atoms. The molecule has 60 valence electrons. The van der Waals surface area contributed by atoms with Crippen molar-refractivity contribution < 1.29 is 8.98 Å². The molecule has 0 fully saturated rings. The average Bonchev–Trinajstić information content (AvgIpc) is 1.98. The summed E-state index contributed by atoms with van der Waals surface area (Å²) in [6.45, 7) is 0.571. The summed E-state index contributed by atoms with van der Waals surface area (Å²) in [6, 6.07) is 0. The molecule has 0 aromatic rings. The maximum atomic E-state index is 10.6. The Balaban J connectivity index is 2.96. The third kappa shape index (κ3) is 6.25. The lowest BCUT2D eigenvalue weighted by Gasteiger charge is -1.97. The fourth-order valence-electron chi connectivity index (χ4n) is 0.454. The Hall–Kier alpha value is 0.130. The molecule has 0 spiro atoms. The highest BCUT2D eigenvalue weighted by Crippen LogP contribution is 2.06. The molecule has 0 aliphatic heterocycles. The lowest BCUT2D eigenvalue weighted by Crippen LogP contribution is -2.17. The minimum absolute atomic E-state index is 0.0489. The van der Waals surface area contributed by atoms with Gasteiger partial charge in [-0.25, -0.2) is 0 Å². The molecule has 3 nitrogen and oxygen atoms in total. The highest BCUT2D eigenvalue weighted by atomic mass is 33.1. The first kappa shape index (κ1) is 10.1. The lowest BCUT2D eigenvalue weighted by molar-refractivity contribution is -0.120. The van der Waals surface area contributed by atoms with Crippen LogP contribution in [0.1, 0.15) is 12.8 Å². The van der Waals surface area contributed by atoms with Crippen LogP contribution in [0.4, 0.5) is 0 Å². The van der Waals surface area contributed by atoms with Crippen LogP contribution in [-0.4, -0.2) is 19.6 Å². The van der Waals surface area contributed by atoms with Crippen molar-refractivity contribution in [3.63, 3.8) is 0 Å². The molecule has 0 aromatic heterocycles. The van der Waals surface area contributed by atoms with Crippen molar-refractivity contribution in [2.45, 2.75) is 12.8 Å². The molecule has 0 aliphatic carbocycles. The Bertz CT molecular complexity index is 99.6. The molecule has 0 unspecified atom stereocenters. The second-order valence-corrected chi connectivity index (χ2v) is 2.51. The predicted octanol–water partition coefficient (Wildman–Crippen LogP) is 1.02. The van der Waals surface area contributed by atoms with Gasteiger partial charge in [-0.1, -0.05) is 11.7 Å². The Morgan fingerprint density at radius 1 is 1.80 bits per heavy atom. The normalized spacial score (nSPS) is 9.40. The van der Waals surface area contributed by atoms with Crippen molar-refractivity contribution in [3.05, 3.63) is 0 Å². The number of hydrogen-bond donors (Lipinski definition) is 2. The monoisotopic (exact) mass is 181 g/mol. The van der Waals surface area contributed by atoms with E-state index in [9.17, 15) is 4.79 Å². The fraction of sp³-hybridized carbons (Fsp3) is 0.800. The van der Waals surface area contributed by atoms with E-state index in [1.165, 1.54) is 0 Å². The van der Waals surface area contributed by atoms with Gasteiger partial charge in [0.05, 0.1) is 17.7 Å². The van der Waals surface area contributed by atoms with Crippen molar-refractivity contribution in [2.24, 2.45) is 0 Å². The number of nitrogens with one attached hydrogen (secondary N) is 1. The van der Waals surface area contributed by atoms with Gasteiger partial charge in [-0.2, -0.15) is 0 Å². The van der Waals surface area contributed by atoms with Gasteiger partial charge in [-0.15, -0.1) is 0 Å². The van der Waals surface area contributed by atoms with Crippen molar-refractivity contribution in [1.29, 1.82) is 0 Å². The molecule has 1 N–H and O–H groups in total. The average molecular weight is 181 g/mol. The lowest BCUT2D eigenvalue weighted by atomic mass is 10.3. The van der Waals surface area contributed by atoms with Crippen LogP contribution in [0.2, 0.25) is 0 Å². The van der Waals surface area contributed by atoms with Crippen LogP contribution in [-0.2, 0) is 8.98 Å². The summed E-state index contributed by atoms with van der Waals surface area (Å²) in [5.74, 6) is 0.0489. The smallest absolute Gasteiger partial charge is 0.219 e. The molecule has 0 atom stereocenters. The summed E-state index contributed by atoms with van der Waals surface area (Å²) in [5, 5.41) is 2.52. The number of carbonyl (C=O) groups excluding carboxylic acids is 1. The number of hydrogen-bond acceptors (Lipinski definition) is 4. The quantitative estimate of drug-likeness (QED) is 0.288. The van der Waals surface area contributed by atoms with E-state index in [4.69, 9.17) is 4.18 Å². The highest BCUT2D eigenvalue weighted by molar-refractivity contribution is 8.66. The molecule has 0 aromatic carbocycles. The summed E-state index contributed by atoms with van der Waals surface area (Å²) < 4.78 is 4.83. The van der Waals surface area contributed by atoms with Gasteiger partial charge in [-0.05, 0) is 6.42 Å². The van der Waals surface area contributed by atoms with Crippen LogP contribution in [0.3, 0.4) is 0 Å². The summed E-state index contributed by atoms with van der Waals surface area (Å²) in [5.41, 5.74) is 0. The van der Waals surface area contributed by atoms with Gasteiger partial charge >= 0.3 is 0 Å². The van der Waals surface area contributed by atoms with Crippen LogP contribution in [0.15, 0.2) is 0 Å². The number of rotatable bonds is 5. The number of amides is 1. The topological polar surface area (TPSA) is 38.3 Å². The summed E-state index contributed by atoms with van der Waals surface area (Å²) in [7, 11) is 1.62. The van der Waals surface area contributed by atoms with Crippen LogP contribution < -0.4 is 5.32 Å². The molecular formula is C5H11NO2S2. The van der Waals surface area contributed by atoms with Crippen LogP contribution >= 0.6 is 22.7 Å². The van der Waals surface area contributed by atoms with Gasteiger partial charge in [0.25, 0.3) is 0 Å². The van der Waals surface area contributed by atoms with Crippen LogP contribution in [0, 0.1) is 0 Å². The second-order valence-electron chi connectivity index (χ2n) is 1.67. The zero-order valence-electron chi connectivity index (χ0n) is 5.79. The number of carbonyl (C=O) groups is 1. The van der Waals surface area contributed by atoms with Gasteiger partial charge in [0.15, 0.2) is 0 Å². The molecule has 5 heteroatoms. The van der Waals surface area contributed by atoms with Crippen molar-refractivity contribution >= 4 is 28.6 Å². The molecule has 0 saturated carbocycles. The van der Waals surface area contributed by atoms with E-state index in [1.54, 1.807) is 7.05 Å². The van der Waals surface area contributed by atoms with Gasteiger partial charge in [0, 0.05) is 13.5 Å². The first-order valence-corrected chi connectivity index (χ1v) is 4.74. The number of thiol groups is 1. The SMILES string of the molecule is CNC(=O)CCCOSS. The summed E-state index contributed by atoms with van der Waals surface area (Å²) in [4.78, 5) is 10.6. The predicted molar refractivity (Wildman–Crippen MR) is 45.8 cm³/mol. The van der Waals surface area contributed by atoms with E-state index in [0.717, 1.165) is 17.5 Å². The molecule has 0 aliphatic rings. The van der Waals surface area contributed by atoms with E-state index in [0.29, 0.717) is 13.0 Å². The fourth-order valence-corrected chi connectivity index (χ4v) is 0.870. The standard InChI is InChI=1S/C5H11NO2S2/c1-6-5(7)3-2-4-8-10-9/h9H,2-4H2,1H3,(H,6,7). The molecule has 0 radical (unpaired) electrons. The summed E-state index contributed by atoms with van der Waals surface area (Å²) >= 11 is 4.79. The van der Waals surface area contributed by atoms with Gasteiger partial charge in [-0.3, -0.25) is 4.79 Å². The minimum Gasteiger partial charge on any atom is -0.359 e. The van der Waals surface area contributed by atoms with Gasteiger partial charge in [0.2, 0.25) is 5.91 Å². The van der Waals surface area contributed by atoms with Crippen molar-refractivity contribution in [3.8, 4) is 0 Å². The van der Waals surface area contributed by atoms with E-state index >= 15 is 0 Å². The highest BCUT2D eigenvalue weighted by Gasteiger charge is 1.95. The molecule has 0 heterocycles. The molecular weight excluding hydrogens is 170 g/mol. The second kappa shape index (κ2) is 7.24. The molecule has 1 amide bonds. The minimum atomic E-state index is 0.0489. The van der Waals surface area contributed by atoms with E-state index in [2.05, 4.69) is 17.0 Å². The van der Waals surface area contributed by atoms with Gasteiger partial charge < -0.3 is 9.50 Å². The Morgan fingerprint density at radius 2 is 2.50 bits per heavy atom. The first-order valence-electron chi connectivity index (χ1n) is 2.95. The van der Waals surface area contributed by atoms with E-state index in [-0.39, 0.29) is 5.91 Å². The zero-order valence-corrected chi connectivity index (χ0v) is 7.50. The Morgan fingerprint density at radius 3 is 3.00 bits per heavy atom. The maximum Gasteiger partial charge on any atom is 0.219 e. The summed E-state index contributed by atoms with van der Waals surface area (Å²) in [6.07, 6.45) is 1.26. The molecule has 0 saturated heterocycles. The Kier molecular flexibility index (Phi) is 7.33. The van der Waals surface area contributed by atoms with Gasteiger partial charge in [0.1, 0.15) is 0 Å². The zero-order chi connectivity index (χ0) is 7.82. The molecule has 0 bridgehead atoms. The van der Waals surface area contributed by atoms with Crippen LogP contribution in [0.5, 0.6) is 0 Å². The molecule has 0 rings (SSSR count). The maximum absolute atomic E-state index is 10.6. The van der Waals surface area contributed by atoms with Crippen LogP contribution in [0.25, 0.3) is 0 Å². The van der Waals surface area contributed by atoms with Crippen molar-refractivity contribution in [1.82, 2.24) is 5.32 Å². The third-order valence-corrected chi connectivity index (χ3v) is 1.55.